The number of carbonyl (C=O) groups excluding carboxylic acids is 4. The lowest BCUT2D eigenvalue weighted by Crippen LogP contribution is -2.59. The van der Waals surface area contributed by atoms with Gasteiger partial charge < -0.3 is 25.4 Å². The molecule has 0 bridgehead atoms. The van der Waals surface area contributed by atoms with Crippen LogP contribution in [0.25, 0.3) is 0 Å². The summed E-state index contributed by atoms with van der Waals surface area (Å²) in [5, 5.41) is 16.4. The van der Waals surface area contributed by atoms with E-state index >= 15 is 0 Å². The second-order valence-corrected chi connectivity index (χ2v) is 9.33. The number of ether oxygens (including phenoxy) is 1. The first-order valence-corrected chi connectivity index (χ1v) is 11.7. The maximum Gasteiger partial charge on any atom is 0.328 e. The van der Waals surface area contributed by atoms with Crippen molar-refractivity contribution in [1.82, 2.24) is 15.5 Å². The lowest BCUT2D eigenvalue weighted by atomic mass is 9.94. The van der Waals surface area contributed by atoms with E-state index in [2.05, 4.69) is 10.6 Å². The highest BCUT2D eigenvalue weighted by Crippen LogP contribution is 2.21. The van der Waals surface area contributed by atoms with Crippen LogP contribution in [0.3, 0.4) is 0 Å². The molecule has 0 saturated carbocycles. The fourth-order valence-corrected chi connectivity index (χ4v) is 4.43. The van der Waals surface area contributed by atoms with Gasteiger partial charge in [-0.25, -0.2) is 4.79 Å². The van der Waals surface area contributed by atoms with Crippen LogP contribution in [-0.4, -0.2) is 71.4 Å². The second kappa shape index (κ2) is 12.3. The van der Waals surface area contributed by atoms with Crippen LogP contribution < -0.4 is 10.6 Å². The number of carbonyl (C=O) groups is 5. The van der Waals surface area contributed by atoms with E-state index in [4.69, 9.17) is 9.84 Å². The Labute approximate surface area is 196 Å². The van der Waals surface area contributed by atoms with Crippen molar-refractivity contribution in [2.24, 2.45) is 5.92 Å². The maximum atomic E-state index is 13.1. The molecule has 0 spiro atoms. The van der Waals surface area contributed by atoms with E-state index in [1.807, 2.05) is 17.5 Å². The Balaban J connectivity index is 2.13. The van der Waals surface area contributed by atoms with Gasteiger partial charge in [0.2, 0.25) is 17.7 Å². The number of carboxylic acid groups (broad SMARTS) is 1. The number of piperidine rings is 1. The smallest absolute Gasteiger partial charge is 0.328 e. The van der Waals surface area contributed by atoms with Crippen molar-refractivity contribution in [2.75, 3.05) is 13.7 Å². The molecular formula is C22H31N3O7S. The van der Waals surface area contributed by atoms with E-state index in [1.54, 1.807) is 13.8 Å². The molecule has 3 N–H and O–H groups in total. The molecular weight excluding hydrogens is 450 g/mol. The van der Waals surface area contributed by atoms with Crippen molar-refractivity contribution >= 4 is 41.0 Å². The number of thiophene rings is 1. The highest BCUT2D eigenvalue weighted by molar-refractivity contribution is 7.10. The molecule has 0 aliphatic carbocycles. The Hall–Kier alpha value is -2.95. The quantitative estimate of drug-likeness (QED) is 0.422. The molecule has 1 aliphatic rings. The zero-order valence-corrected chi connectivity index (χ0v) is 19.9. The van der Waals surface area contributed by atoms with Crippen molar-refractivity contribution in [3.8, 4) is 0 Å². The van der Waals surface area contributed by atoms with Crippen LogP contribution in [0.1, 0.15) is 44.4 Å². The number of methoxy groups -OCH3 is 1. The molecule has 1 saturated heterocycles. The molecule has 0 aromatic carbocycles. The van der Waals surface area contributed by atoms with Gasteiger partial charge >= 0.3 is 11.9 Å². The van der Waals surface area contributed by atoms with Gasteiger partial charge in [0.25, 0.3) is 0 Å². The number of aliphatic carboxylic acids is 1. The number of likely N-dealkylation sites (tertiary alicyclic amines) is 1. The molecule has 1 aliphatic heterocycles. The van der Waals surface area contributed by atoms with Gasteiger partial charge in [-0.15, -0.1) is 11.3 Å². The number of hydrogen-bond donors (Lipinski definition) is 3. The zero-order chi connectivity index (χ0) is 24.5. The summed E-state index contributed by atoms with van der Waals surface area (Å²) in [6.45, 7) is 3.70. The van der Waals surface area contributed by atoms with E-state index in [9.17, 15) is 24.0 Å². The minimum absolute atomic E-state index is 0.160. The molecule has 33 heavy (non-hydrogen) atoms. The predicted molar refractivity (Wildman–Crippen MR) is 120 cm³/mol. The Bertz CT molecular complexity index is 856. The highest BCUT2D eigenvalue weighted by atomic mass is 32.1. The van der Waals surface area contributed by atoms with Crippen LogP contribution in [0.4, 0.5) is 0 Å². The van der Waals surface area contributed by atoms with Crippen LogP contribution in [0.2, 0.25) is 0 Å². The number of rotatable bonds is 10. The first-order valence-electron chi connectivity index (χ1n) is 10.8. The highest BCUT2D eigenvalue weighted by Gasteiger charge is 2.38. The SMILES string of the molecule is COC(=O)[C@H](NC(=O)[C@@H]1C[C@@H](NC(=O)Cc2cccs2)CCN1C(=O)CCC(=O)O)C(C)C. The van der Waals surface area contributed by atoms with E-state index in [1.165, 1.54) is 23.3 Å². The van der Waals surface area contributed by atoms with E-state index < -0.39 is 35.8 Å². The number of carboxylic acids is 1. The Morgan fingerprint density at radius 1 is 1.24 bits per heavy atom. The summed E-state index contributed by atoms with van der Waals surface area (Å²) in [5.41, 5.74) is 0. The first-order chi connectivity index (χ1) is 15.6. The number of hydrogen-bond acceptors (Lipinski definition) is 7. The largest absolute Gasteiger partial charge is 0.481 e. The van der Waals surface area contributed by atoms with Gasteiger partial charge in [-0.1, -0.05) is 19.9 Å². The summed E-state index contributed by atoms with van der Waals surface area (Å²) >= 11 is 1.48. The molecule has 1 aromatic rings. The number of nitrogens with one attached hydrogen (secondary N) is 2. The molecule has 1 fully saturated rings. The normalized spacial score (nSPS) is 19.0. The standard InChI is InChI=1S/C22H31N3O7S/c1-13(2)20(22(31)32-3)24-21(30)16-11-14(23-17(26)12-15-5-4-10-33-15)8-9-25(16)18(27)6-7-19(28)29/h4-5,10,13-14,16,20H,6-9,11-12H2,1-3H3,(H,23,26)(H,24,30)(H,28,29)/t14-,16-,20+/m0/s1. The molecule has 0 radical (unpaired) electrons. The Kier molecular flexibility index (Phi) is 9.83. The average Bonchev–Trinajstić information content (AvgIpc) is 3.27. The number of nitrogens with zero attached hydrogens (tertiary/aromatic N) is 1. The number of amides is 3. The number of esters is 1. The lowest BCUT2D eigenvalue weighted by molar-refractivity contribution is -0.149. The van der Waals surface area contributed by atoms with Crippen LogP contribution in [0.15, 0.2) is 17.5 Å². The van der Waals surface area contributed by atoms with Gasteiger partial charge in [0.15, 0.2) is 0 Å². The summed E-state index contributed by atoms with van der Waals surface area (Å²) in [6.07, 6.45) is 0.237. The van der Waals surface area contributed by atoms with E-state index in [0.717, 1.165) is 4.88 Å². The van der Waals surface area contributed by atoms with Crippen LogP contribution in [0, 0.1) is 5.92 Å². The van der Waals surface area contributed by atoms with Gasteiger partial charge in [0.1, 0.15) is 12.1 Å². The molecule has 2 heterocycles. The Morgan fingerprint density at radius 3 is 2.55 bits per heavy atom. The van der Waals surface area contributed by atoms with Crippen LogP contribution in [-0.2, 0) is 35.1 Å². The van der Waals surface area contributed by atoms with Gasteiger partial charge in [0, 0.05) is 23.9 Å². The van der Waals surface area contributed by atoms with Crippen molar-refractivity contribution in [3.05, 3.63) is 22.4 Å². The van der Waals surface area contributed by atoms with Crippen molar-refractivity contribution < 1.29 is 33.8 Å². The third-order valence-corrected chi connectivity index (χ3v) is 6.35. The zero-order valence-electron chi connectivity index (χ0n) is 19.0. The summed E-state index contributed by atoms with van der Waals surface area (Å²) in [5.74, 6) is -3.13. The van der Waals surface area contributed by atoms with E-state index in [0.29, 0.717) is 6.42 Å². The van der Waals surface area contributed by atoms with Crippen molar-refractivity contribution in [1.29, 1.82) is 0 Å². The predicted octanol–water partition coefficient (Wildman–Crippen LogP) is 0.945. The summed E-state index contributed by atoms with van der Waals surface area (Å²) < 4.78 is 4.77. The topological polar surface area (TPSA) is 142 Å². The summed E-state index contributed by atoms with van der Waals surface area (Å²) in [4.78, 5) is 63.5. The monoisotopic (exact) mass is 481 g/mol. The van der Waals surface area contributed by atoms with Crippen LogP contribution in [0.5, 0.6) is 0 Å². The molecule has 0 unspecified atom stereocenters. The minimum atomic E-state index is -1.11. The molecule has 182 valence electrons. The summed E-state index contributed by atoms with van der Waals surface area (Å²) in [7, 11) is 1.23. The Morgan fingerprint density at radius 2 is 1.97 bits per heavy atom. The van der Waals surface area contributed by atoms with Gasteiger partial charge in [-0.2, -0.15) is 0 Å². The lowest BCUT2D eigenvalue weighted by Gasteiger charge is -2.39. The molecule has 2 rings (SSSR count). The minimum Gasteiger partial charge on any atom is -0.481 e. The van der Waals surface area contributed by atoms with Crippen LogP contribution >= 0.6 is 11.3 Å². The maximum absolute atomic E-state index is 13.1. The van der Waals surface area contributed by atoms with Crippen molar-refractivity contribution in [2.45, 2.75) is 64.1 Å². The fraction of sp³-hybridized carbons (Fsp3) is 0.591. The average molecular weight is 482 g/mol. The molecule has 3 atom stereocenters. The van der Waals surface area contributed by atoms with Gasteiger partial charge in [-0.05, 0) is 30.2 Å². The summed E-state index contributed by atoms with van der Waals surface area (Å²) in [6, 6.07) is 1.54. The van der Waals surface area contributed by atoms with E-state index in [-0.39, 0.29) is 50.1 Å². The van der Waals surface area contributed by atoms with Gasteiger partial charge in [0.05, 0.1) is 20.0 Å². The third-order valence-electron chi connectivity index (χ3n) is 5.48. The molecule has 3 amide bonds. The molecule has 10 nitrogen and oxygen atoms in total. The third kappa shape index (κ3) is 7.85. The first kappa shape index (κ1) is 26.3. The fourth-order valence-electron chi connectivity index (χ4n) is 3.73. The molecule has 1 aromatic heterocycles. The van der Waals surface area contributed by atoms with Crippen molar-refractivity contribution in [3.63, 3.8) is 0 Å². The second-order valence-electron chi connectivity index (χ2n) is 8.30. The van der Waals surface area contributed by atoms with Gasteiger partial charge in [-0.3, -0.25) is 19.2 Å². The molecule has 11 heteroatoms.